The number of rotatable bonds is 54. The summed E-state index contributed by atoms with van der Waals surface area (Å²) >= 11 is 1.53. The van der Waals surface area contributed by atoms with E-state index in [0.29, 0.717) is 38.0 Å². The summed E-state index contributed by atoms with van der Waals surface area (Å²) in [7, 11) is 0.226. The molecule has 0 aliphatic carbocycles. The van der Waals surface area contributed by atoms with Crippen molar-refractivity contribution in [3.05, 3.63) is 0 Å². The molecule has 0 bridgehead atoms. The lowest BCUT2D eigenvalue weighted by molar-refractivity contribution is -0.111. The summed E-state index contributed by atoms with van der Waals surface area (Å²) in [6, 6.07) is 0.939. The Morgan fingerprint density at radius 3 is 1.23 bits per heavy atom. The molecule has 0 heterocycles. The Hall–Kier alpha value is 0.0369. The molecule has 0 saturated heterocycles. The number of thioether (sulfide) groups is 1. The maximum absolute atomic E-state index is 12.6. The van der Waals surface area contributed by atoms with Gasteiger partial charge in [-0.1, -0.05) is 251 Å². The van der Waals surface area contributed by atoms with Gasteiger partial charge < -0.3 is 23.6 Å². The van der Waals surface area contributed by atoms with Crippen LogP contribution in [0.25, 0.3) is 0 Å². The molecule has 6 nitrogen and oxygen atoms in total. The van der Waals surface area contributed by atoms with Gasteiger partial charge in [0.15, 0.2) is 5.12 Å². The third-order valence-electron chi connectivity index (χ3n) is 13.0. The van der Waals surface area contributed by atoms with E-state index in [2.05, 4.69) is 40.1 Å². The SMILES string of the molecule is CCCCCCCCCCCCCCCCC(CCCCCCCCCCCCCCCC)(CO[SiH](CCCSC(=O)CCCCCCC)OCCOCCOCCCC)NC. The number of likely N-dealkylation sites (N-methyl/N-ethyl adjacent to an activating group) is 1. The maximum Gasteiger partial charge on any atom is 0.321 e. The lowest BCUT2D eigenvalue weighted by Crippen LogP contribution is -2.49. The Bertz CT molecular complexity index is 837. The second kappa shape index (κ2) is 52.0. The first-order valence-electron chi connectivity index (χ1n) is 27.8. The third-order valence-corrected chi connectivity index (χ3v) is 16.0. The van der Waals surface area contributed by atoms with Gasteiger partial charge in [-0.05, 0) is 45.2 Å². The number of ether oxygens (including phenoxy) is 2. The fourth-order valence-electron chi connectivity index (χ4n) is 8.56. The zero-order valence-corrected chi connectivity index (χ0v) is 44.7. The molecule has 0 rings (SSSR count). The molecule has 0 fully saturated rings. The van der Waals surface area contributed by atoms with Crippen LogP contribution in [0.1, 0.15) is 278 Å². The van der Waals surface area contributed by atoms with Crippen LogP contribution in [0, 0.1) is 0 Å². The largest absolute Gasteiger partial charge is 0.395 e. The molecule has 0 spiro atoms. The lowest BCUT2D eigenvalue weighted by Gasteiger charge is -2.35. The highest BCUT2D eigenvalue weighted by molar-refractivity contribution is 8.13. The molecule has 0 aromatic carbocycles. The number of unbranched alkanes of at least 4 members (excludes halogenated alkanes) is 31. The van der Waals surface area contributed by atoms with Gasteiger partial charge in [-0.3, -0.25) is 4.79 Å². The van der Waals surface area contributed by atoms with E-state index in [-0.39, 0.29) is 5.54 Å². The number of nitrogens with one attached hydrogen (secondary N) is 1. The second-order valence-electron chi connectivity index (χ2n) is 18.9. The number of carbonyl (C=O) groups is 1. The van der Waals surface area contributed by atoms with Crippen LogP contribution < -0.4 is 5.32 Å². The zero-order valence-electron chi connectivity index (χ0n) is 42.8. The lowest BCUT2D eigenvalue weighted by atomic mass is 9.87. The zero-order chi connectivity index (χ0) is 45.1. The minimum Gasteiger partial charge on any atom is -0.395 e. The molecule has 0 aliphatic rings. The van der Waals surface area contributed by atoms with Gasteiger partial charge in [-0.2, -0.15) is 0 Å². The first kappa shape index (κ1) is 62.0. The van der Waals surface area contributed by atoms with E-state index in [9.17, 15) is 4.79 Å². The average Bonchev–Trinajstić information content (AvgIpc) is 3.28. The van der Waals surface area contributed by atoms with Crippen LogP contribution in [-0.2, 0) is 23.1 Å². The third kappa shape index (κ3) is 45.2. The molecule has 8 heteroatoms. The molecule has 62 heavy (non-hydrogen) atoms. The molecule has 0 aromatic heterocycles. The second-order valence-corrected chi connectivity index (χ2v) is 22.2. The first-order valence-corrected chi connectivity index (χ1v) is 30.5. The minimum atomic E-state index is -1.95. The molecule has 0 aliphatic heterocycles. The van der Waals surface area contributed by atoms with Crippen molar-refractivity contribution in [3.63, 3.8) is 0 Å². The van der Waals surface area contributed by atoms with Crippen LogP contribution in [0.5, 0.6) is 0 Å². The van der Waals surface area contributed by atoms with Crippen molar-refractivity contribution in [1.29, 1.82) is 0 Å². The van der Waals surface area contributed by atoms with Gasteiger partial charge in [-0.15, -0.1) is 0 Å². The quantitative estimate of drug-likeness (QED) is 0.0482. The summed E-state index contributed by atoms with van der Waals surface area (Å²) in [4.78, 5) is 12.6. The van der Waals surface area contributed by atoms with E-state index in [1.54, 1.807) is 0 Å². The maximum atomic E-state index is 12.6. The van der Waals surface area contributed by atoms with Gasteiger partial charge >= 0.3 is 9.28 Å². The predicted molar refractivity (Wildman–Crippen MR) is 278 cm³/mol. The number of hydrogen-bond acceptors (Lipinski definition) is 7. The standard InChI is InChI=1S/C54H111NO5SSi/c1-6-10-14-17-19-21-23-25-27-29-31-33-36-39-43-54(55-5,44-40-37-34-32-30-28-26-24-22-20-18-15-11-7-2)52-60-62(59-49-48-58-47-46-57-45-13-9-4)51-41-50-61-53(56)42-38-35-16-12-8-3/h55,62H,6-52H2,1-5H3. The highest BCUT2D eigenvalue weighted by Crippen LogP contribution is 2.26. The van der Waals surface area contributed by atoms with Gasteiger partial charge in [0, 0.05) is 24.3 Å². The van der Waals surface area contributed by atoms with Crippen LogP contribution in [0.2, 0.25) is 6.04 Å². The van der Waals surface area contributed by atoms with E-state index in [1.165, 1.54) is 230 Å². The van der Waals surface area contributed by atoms with E-state index in [1.807, 2.05) is 0 Å². The van der Waals surface area contributed by atoms with Crippen LogP contribution in [-0.4, -0.2) is 72.4 Å². The highest BCUT2D eigenvalue weighted by Gasteiger charge is 2.29. The van der Waals surface area contributed by atoms with Crippen molar-refractivity contribution in [2.24, 2.45) is 0 Å². The molecule has 0 amide bonds. The van der Waals surface area contributed by atoms with Crippen molar-refractivity contribution < 1.29 is 23.1 Å². The Kier molecular flexibility index (Phi) is 52.0. The molecule has 0 radical (unpaired) electrons. The first-order chi connectivity index (χ1) is 30.6. The van der Waals surface area contributed by atoms with Gasteiger partial charge in [0.1, 0.15) is 0 Å². The number of carbonyl (C=O) groups excluding carboxylic acids is 1. The van der Waals surface area contributed by atoms with E-state index in [4.69, 9.17) is 18.3 Å². The Morgan fingerprint density at radius 1 is 0.435 bits per heavy atom. The Balaban J connectivity index is 5.05. The average molecular weight is 915 g/mol. The van der Waals surface area contributed by atoms with E-state index in [0.717, 1.165) is 50.7 Å². The van der Waals surface area contributed by atoms with Crippen LogP contribution in [0.4, 0.5) is 0 Å². The normalized spacial score (nSPS) is 12.5. The van der Waals surface area contributed by atoms with E-state index < -0.39 is 9.28 Å². The van der Waals surface area contributed by atoms with Crippen LogP contribution in [0.3, 0.4) is 0 Å². The van der Waals surface area contributed by atoms with Crippen molar-refractivity contribution in [2.45, 2.75) is 290 Å². The van der Waals surface area contributed by atoms with Crippen molar-refractivity contribution in [3.8, 4) is 0 Å². The van der Waals surface area contributed by atoms with Gasteiger partial charge in [0.2, 0.25) is 0 Å². The summed E-state index contributed by atoms with van der Waals surface area (Å²) in [6.07, 6.45) is 51.2. The molecule has 372 valence electrons. The molecule has 1 atom stereocenters. The molecule has 0 saturated carbocycles. The summed E-state index contributed by atoms with van der Waals surface area (Å²) in [5.74, 6) is 0.866. The van der Waals surface area contributed by atoms with Gasteiger partial charge in [0.25, 0.3) is 0 Å². The molecule has 0 aromatic rings. The molecular formula is C54H111NO5SSi. The molecule has 1 N–H and O–H groups in total. The summed E-state index contributed by atoms with van der Waals surface area (Å²) in [5, 5.41) is 4.19. The fraction of sp³-hybridized carbons (Fsp3) is 0.981. The molecular weight excluding hydrogens is 803 g/mol. The summed E-state index contributed by atoms with van der Waals surface area (Å²) in [5.41, 5.74) is -0.00229. The van der Waals surface area contributed by atoms with Gasteiger partial charge in [-0.25, -0.2) is 0 Å². The van der Waals surface area contributed by atoms with Crippen molar-refractivity contribution in [1.82, 2.24) is 5.32 Å². The van der Waals surface area contributed by atoms with Crippen molar-refractivity contribution >= 4 is 26.2 Å². The minimum absolute atomic E-state index is 0.00229. The van der Waals surface area contributed by atoms with Crippen LogP contribution >= 0.6 is 11.8 Å². The Labute approximate surface area is 395 Å². The summed E-state index contributed by atoms with van der Waals surface area (Å²) in [6.45, 7) is 13.0. The fourth-order valence-corrected chi connectivity index (χ4v) is 11.5. The summed E-state index contributed by atoms with van der Waals surface area (Å²) < 4.78 is 25.0. The monoisotopic (exact) mass is 914 g/mol. The van der Waals surface area contributed by atoms with Gasteiger partial charge in [0.05, 0.1) is 33.0 Å². The topological polar surface area (TPSA) is 66.0 Å². The highest BCUT2D eigenvalue weighted by atomic mass is 32.2. The number of hydrogen-bond donors (Lipinski definition) is 1. The van der Waals surface area contributed by atoms with Crippen LogP contribution in [0.15, 0.2) is 0 Å². The predicted octanol–water partition coefficient (Wildman–Crippen LogP) is 16.8. The van der Waals surface area contributed by atoms with Crippen molar-refractivity contribution in [2.75, 3.05) is 52.4 Å². The van der Waals surface area contributed by atoms with E-state index >= 15 is 0 Å². The molecule has 1 unspecified atom stereocenters. The smallest absolute Gasteiger partial charge is 0.321 e. The Morgan fingerprint density at radius 2 is 0.806 bits per heavy atom.